The average molecular weight is 429 g/mol. The Hall–Kier alpha value is -0.750. The Morgan fingerprint density at radius 1 is 1.10 bits per heavy atom. The highest BCUT2D eigenvalue weighted by atomic mass is 32.2. The molecule has 2 saturated carbocycles. The number of unbranched alkanes of at least 4 members (excludes halogenated alkanes) is 1. The summed E-state index contributed by atoms with van der Waals surface area (Å²) in [6.45, 7) is 3.94. The van der Waals surface area contributed by atoms with Crippen LogP contribution in [0.15, 0.2) is 0 Å². The number of hydrogen-bond acceptors (Lipinski definition) is 5. The van der Waals surface area contributed by atoms with E-state index < -0.39 is 26.4 Å². The van der Waals surface area contributed by atoms with Crippen molar-refractivity contribution in [3.8, 4) is 0 Å². The molecule has 0 aliphatic heterocycles. The van der Waals surface area contributed by atoms with Crippen molar-refractivity contribution in [1.29, 1.82) is 0 Å². The number of ketones is 1. The fourth-order valence-corrected chi connectivity index (χ4v) is 7.97. The molecule has 168 valence electrons. The van der Waals surface area contributed by atoms with Gasteiger partial charge in [0.1, 0.15) is 12.1 Å². The van der Waals surface area contributed by atoms with Crippen molar-refractivity contribution in [3.05, 3.63) is 0 Å². The molecule has 6 heteroatoms. The minimum Gasteiger partial charge on any atom is -0.381 e. The van der Waals surface area contributed by atoms with Gasteiger partial charge in [-0.25, -0.2) is 8.42 Å². The molecular weight excluding hydrogens is 388 g/mol. The summed E-state index contributed by atoms with van der Waals surface area (Å²) in [5.74, 6) is -0.503. The molecule has 0 aromatic rings. The lowest BCUT2D eigenvalue weighted by atomic mass is 9.75. The fourth-order valence-electron chi connectivity index (χ4n) is 5.30. The number of hydrogen-bond donors (Lipinski definition) is 0. The number of ether oxygens (including phenoxy) is 1. The van der Waals surface area contributed by atoms with E-state index in [1.165, 1.54) is 0 Å². The van der Waals surface area contributed by atoms with Crippen molar-refractivity contribution in [3.63, 3.8) is 0 Å². The number of Topliss-reactive ketones (excluding diaryl/α,β-unsaturated/α-hetero) is 1. The van der Waals surface area contributed by atoms with E-state index in [1.807, 2.05) is 13.8 Å². The summed E-state index contributed by atoms with van der Waals surface area (Å²) >= 11 is 0. The first-order valence-electron chi connectivity index (χ1n) is 11.6. The van der Waals surface area contributed by atoms with Crippen molar-refractivity contribution in [1.82, 2.24) is 0 Å². The molecule has 2 aliphatic carbocycles. The summed E-state index contributed by atoms with van der Waals surface area (Å²) in [7, 11) is -1.93. The number of carbonyl (C=O) groups is 2. The van der Waals surface area contributed by atoms with Gasteiger partial charge < -0.3 is 9.53 Å². The molecule has 0 aromatic carbocycles. The van der Waals surface area contributed by atoms with E-state index in [0.29, 0.717) is 32.1 Å². The van der Waals surface area contributed by atoms with Gasteiger partial charge in [0.05, 0.1) is 17.1 Å². The Labute approximate surface area is 177 Å². The van der Waals surface area contributed by atoms with Gasteiger partial charge in [-0.15, -0.1) is 0 Å². The second-order valence-corrected chi connectivity index (χ2v) is 11.5. The Bertz CT molecular complexity index is 638. The molecule has 2 aliphatic rings. The standard InChI is InChI=1S/C23H40O5S/c1-4-6-14-23(5-2,16-24)17-29(26,27)21-13-12-19(28-3)15-20(21)22(25)18-10-8-7-9-11-18/h16,18-21H,4-15,17H2,1-3H3. The van der Waals surface area contributed by atoms with Crippen molar-refractivity contribution in [2.24, 2.45) is 17.3 Å². The minimum absolute atomic E-state index is 0.0100. The summed E-state index contributed by atoms with van der Waals surface area (Å²) < 4.78 is 32.6. The van der Waals surface area contributed by atoms with E-state index in [-0.39, 0.29) is 23.6 Å². The van der Waals surface area contributed by atoms with Crippen LogP contribution in [0.2, 0.25) is 0 Å². The number of aldehydes is 1. The highest BCUT2D eigenvalue weighted by molar-refractivity contribution is 7.92. The molecule has 0 bridgehead atoms. The van der Waals surface area contributed by atoms with E-state index in [9.17, 15) is 18.0 Å². The van der Waals surface area contributed by atoms with Crippen molar-refractivity contribution in [2.75, 3.05) is 12.9 Å². The highest BCUT2D eigenvalue weighted by Crippen LogP contribution is 2.39. The van der Waals surface area contributed by atoms with Crippen LogP contribution in [0.3, 0.4) is 0 Å². The molecule has 4 unspecified atom stereocenters. The molecule has 2 fully saturated rings. The molecule has 0 radical (unpaired) electrons. The first kappa shape index (κ1) is 24.5. The molecule has 29 heavy (non-hydrogen) atoms. The van der Waals surface area contributed by atoms with Crippen LogP contribution < -0.4 is 0 Å². The number of methoxy groups -OCH3 is 1. The molecule has 4 atom stereocenters. The molecule has 2 rings (SSSR count). The number of sulfone groups is 1. The van der Waals surface area contributed by atoms with Crippen LogP contribution in [0, 0.1) is 17.3 Å². The highest BCUT2D eigenvalue weighted by Gasteiger charge is 2.46. The molecule has 5 nitrogen and oxygen atoms in total. The zero-order valence-electron chi connectivity index (χ0n) is 18.5. The Morgan fingerprint density at radius 2 is 1.79 bits per heavy atom. The smallest absolute Gasteiger partial charge is 0.154 e. The molecule has 0 aromatic heterocycles. The van der Waals surface area contributed by atoms with Gasteiger partial charge in [0.25, 0.3) is 0 Å². The lowest BCUT2D eigenvalue weighted by Crippen LogP contribution is -2.47. The zero-order chi connectivity index (χ0) is 21.5. The Morgan fingerprint density at radius 3 is 2.34 bits per heavy atom. The van der Waals surface area contributed by atoms with E-state index in [4.69, 9.17) is 4.74 Å². The van der Waals surface area contributed by atoms with Crippen LogP contribution in [0.25, 0.3) is 0 Å². The SMILES string of the molecule is CCCCC(C=O)(CC)CS(=O)(=O)C1CCC(OC)CC1C(=O)C1CCCCC1. The second-order valence-electron chi connectivity index (χ2n) is 9.30. The molecule has 0 amide bonds. The van der Waals surface area contributed by atoms with Gasteiger partial charge in [-0.2, -0.15) is 0 Å². The van der Waals surface area contributed by atoms with Gasteiger partial charge in [0.2, 0.25) is 0 Å². The van der Waals surface area contributed by atoms with Gasteiger partial charge in [0, 0.05) is 24.4 Å². The predicted octanol–water partition coefficient (Wildman–Crippen LogP) is 4.52. The van der Waals surface area contributed by atoms with Gasteiger partial charge in [0.15, 0.2) is 9.84 Å². The molecule has 0 N–H and O–H groups in total. The van der Waals surface area contributed by atoms with Crippen LogP contribution >= 0.6 is 0 Å². The molecule has 0 heterocycles. The normalized spacial score (nSPS) is 28.6. The third-order valence-corrected chi connectivity index (χ3v) is 9.84. The number of carbonyl (C=O) groups excluding carboxylic acids is 2. The van der Waals surface area contributed by atoms with E-state index in [1.54, 1.807) is 7.11 Å². The first-order valence-corrected chi connectivity index (χ1v) is 13.3. The van der Waals surface area contributed by atoms with Crippen molar-refractivity contribution in [2.45, 2.75) is 102 Å². The van der Waals surface area contributed by atoms with E-state index in [0.717, 1.165) is 51.2 Å². The van der Waals surface area contributed by atoms with Crippen LogP contribution in [0.5, 0.6) is 0 Å². The van der Waals surface area contributed by atoms with Gasteiger partial charge >= 0.3 is 0 Å². The third kappa shape index (κ3) is 6.13. The summed E-state index contributed by atoms with van der Waals surface area (Å²) in [5.41, 5.74) is -0.828. The van der Waals surface area contributed by atoms with E-state index in [2.05, 4.69) is 0 Å². The third-order valence-electron chi connectivity index (χ3n) is 7.38. The predicted molar refractivity (Wildman–Crippen MR) is 116 cm³/mol. The Kier molecular flexibility index (Phi) is 9.33. The average Bonchev–Trinajstić information content (AvgIpc) is 2.76. The topological polar surface area (TPSA) is 77.5 Å². The summed E-state index contributed by atoms with van der Waals surface area (Å²) in [6, 6.07) is 0. The molecular formula is C23H40O5S. The fraction of sp³-hybridized carbons (Fsp3) is 0.913. The summed E-state index contributed by atoms with van der Waals surface area (Å²) in [4.78, 5) is 25.3. The van der Waals surface area contributed by atoms with Crippen LogP contribution in [-0.4, -0.2) is 44.7 Å². The second kappa shape index (κ2) is 11.0. The van der Waals surface area contributed by atoms with Gasteiger partial charge in [-0.3, -0.25) is 4.79 Å². The molecule has 0 saturated heterocycles. The lowest BCUT2D eigenvalue weighted by molar-refractivity contribution is -0.130. The van der Waals surface area contributed by atoms with Crippen LogP contribution in [0.1, 0.15) is 90.9 Å². The maximum atomic E-state index is 13.5. The number of rotatable bonds is 11. The maximum absolute atomic E-state index is 13.5. The lowest BCUT2D eigenvalue weighted by Gasteiger charge is -2.38. The quantitative estimate of drug-likeness (QED) is 0.452. The van der Waals surface area contributed by atoms with Gasteiger partial charge in [-0.05, 0) is 44.9 Å². The Balaban J connectivity index is 2.26. The maximum Gasteiger partial charge on any atom is 0.154 e. The van der Waals surface area contributed by atoms with Crippen molar-refractivity contribution >= 4 is 21.9 Å². The summed E-state index contributed by atoms with van der Waals surface area (Å²) in [6.07, 6.45) is 10.3. The van der Waals surface area contributed by atoms with Crippen molar-refractivity contribution < 1.29 is 22.7 Å². The minimum atomic E-state index is -3.57. The molecule has 0 spiro atoms. The monoisotopic (exact) mass is 428 g/mol. The first-order chi connectivity index (χ1) is 13.8. The zero-order valence-corrected chi connectivity index (χ0v) is 19.3. The van der Waals surface area contributed by atoms with Crippen LogP contribution in [0.4, 0.5) is 0 Å². The summed E-state index contributed by atoms with van der Waals surface area (Å²) in [5, 5.41) is -0.671. The largest absolute Gasteiger partial charge is 0.381 e. The van der Waals surface area contributed by atoms with Gasteiger partial charge in [-0.1, -0.05) is 46.0 Å². The van der Waals surface area contributed by atoms with Crippen LogP contribution in [-0.2, 0) is 24.2 Å². The van der Waals surface area contributed by atoms with E-state index >= 15 is 0 Å².